The third kappa shape index (κ3) is 3.13. The van der Waals surface area contributed by atoms with Crippen LogP contribution in [-0.4, -0.2) is 37.5 Å². The molecule has 1 heterocycles. The first-order valence-corrected chi connectivity index (χ1v) is 8.30. The number of aryl methyl sites for hydroxylation is 2. The van der Waals surface area contributed by atoms with Crippen LogP contribution in [-0.2, 0) is 32.0 Å². The highest BCUT2D eigenvalue weighted by Gasteiger charge is 2.36. The van der Waals surface area contributed by atoms with E-state index < -0.39 is 17.9 Å². The van der Waals surface area contributed by atoms with E-state index in [0.717, 1.165) is 24.9 Å². The number of benzene rings is 1. The van der Waals surface area contributed by atoms with Gasteiger partial charge in [-0.3, -0.25) is 9.59 Å². The number of anilines is 1. The van der Waals surface area contributed by atoms with E-state index in [1.165, 1.54) is 18.2 Å². The Morgan fingerprint density at radius 2 is 2.04 bits per heavy atom. The highest BCUT2D eigenvalue weighted by atomic mass is 16.5. The number of carbonyl (C=O) groups excluding carboxylic acids is 3. The number of amides is 2. The lowest BCUT2D eigenvalue weighted by atomic mass is 10.1. The van der Waals surface area contributed by atoms with Crippen molar-refractivity contribution in [2.24, 2.45) is 5.92 Å². The Hall–Kier alpha value is -2.37. The quantitative estimate of drug-likeness (QED) is 0.842. The number of methoxy groups -OCH3 is 1. The van der Waals surface area contributed by atoms with Crippen molar-refractivity contribution in [3.05, 3.63) is 29.3 Å². The average molecular weight is 330 g/mol. The third-order valence-electron chi connectivity index (χ3n) is 4.80. The van der Waals surface area contributed by atoms with Gasteiger partial charge in [-0.05, 0) is 49.4 Å². The largest absolute Gasteiger partial charge is 0.467 e. The molecule has 3 rings (SSSR count). The third-order valence-corrected chi connectivity index (χ3v) is 4.80. The number of esters is 1. The van der Waals surface area contributed by atoms with Gasteiger partial charge in [-0.15, -0.1) is 0 Å². The van der Waals surface area contributed by atoms with E-state index in [4.69, 9.17) is 0 Å². The standard InChI is InChI=1S/C18H22N2O4/c1-11(18(23)24-2)19-17(22)14-9-16(21)20(10-14)15-7-6-12-4-3-5-13(12)8-15/h6-8,11,14H,3-5,9-10H2,1-2H3,(H,19,22)/t11-,14+/m0/s1. The van der Waals surface area contributed by atoms with Crippen molar-refractivity contribution in [2.45, 2.75) is 38.6 Å². The molecule has 6 heteroatoms. The molecule has 1 saturated heterocycles. The summed E-state index contributed by atoms with van der Waals surface area (Å²) < 4.78 is 4.60. The summed E-state index contributed by atoms with van der Waals surface area (Å²) in [6, 6.07) is 5.39. The number of fused-ring (bicyclic) bond motifs is 1. The predicted octanol–water partition coefficient (Wildman–Crippen LogP) is 1.21. The summed E-state index contributed by atoms with van der Waals surface area (Å²) in [5.74, 6) is -1.29. The van der Waals surface area contributed by atoms with E-state index in [0.29, 0.717) is 6.54 Å². The van der Waals surface area contributed by atoms with Gasteiger partial charge in [0.25, 0.3) is 0 Å². The molecule has 1 fully saturated rings. The zero-order valence-electron chi connectivity index (χ0n) is 14.0. The molecule has 0 spiro atoms. The van der Waals surface area contributed by atoms with Gasteiger partial charge in [0, 0.05) is 18.7 Å². The summed E-state index contributed by atoms with van der Waals surface area (Å²) in [6.07, 6.45) is 3.46. The summed E-state index contributed by atoms with van der Waals surface area (Å²) in [5, 5.41) is 2.61. The van der Waals surface area contributed by atoms with Crippen molar-refractivity contribution in [2.75, 3.05) is 18.6 Å². The minimum atomic E-state index is -0.716. The van der Waals surface area contributed by atoms with Gasteiger partial charge in [-0.1, -0.05) is 6.07 Å². The molecule has 2 aliphatic rings. The monoisotopic (exact) mass is 330 g/mol. The zero-order chi connectivity index (χ0) is 17.3. The van der Waals surface area contributed by atoms with Crippen LogP contribution in [0.5, 0.6) is 0 Å². The molecule has 1 aromatic carbocycles. The highest BCUT2D eigenvalue weighted by Crippen LogP contribution is 2.30. The van der Waals surface area contributed by atoms with Crippen LogP contribution in [0, 0.1) is 5.92 Å². The summed E-state index contributed by atoms with van der Waals surface area (Å²) in [7, 11) is 1.28. The van der Waals surface area contributed by atoms with Crippen molar-refractivity contribution in [3.63, 3.8) is 0 Å². The van der Waals surface area contributed by atoms with Gasteiger partial charge >= 0.3 is 5.97 Å². The Kier molecular flexibility index (Phi) is 4.55. The van der Waals surface area contributed by atoms with Crippen molar-refractivity contribution in [1.29, 1.82) is 0 Å². The van der Waals surface area contributed by atoms with Crippen LogP contribution in [0.3, 0.4) is 0 Å². The molecule has 6 nitrogen and oxygen atoms in total. The zero-order valence-corrected chi connectivity index (χ0v) is 14.0. The number of carbonyl (C=O) groups is 3. The molecule has 24 heavy (non-hydrogen) atoms. The SMILES string of the molecule is COC(=O)[C@H](C)NC(=O)[C@@H]1CC(=O)N(c2ccc3c(c2)CCC3)C1. The Labute approximate surface area is 141 Å². The molecule has 0 bridgehead atoms. The molecule has 2 amide bonds. The van der Waals surface area contributed by atoms with Gasteiger partial charge in [0.05, 0.1) is 13.0 Å². The minimum absolute atomic E-state index is 0.0566. The number of ether oxygens (including phenoxy) is 1. The van der Waals surface area contributed by atoms with Crippen molar-refractivity contribution in [1.82, 2.24) is 5.32 Å². The predicted molar refractivity (Wildman–Crippen MR) is 88.5 cm³/mol. The van der Waals surface area contributed by atoms with E-state index in [2.05, 4.69) is 22.2 Å². The van der Waals surface area contributed by atoms with Crippen molar-refractivity contribution in [3.8, 4) is 0 Å². The van der Waals surface area contributed by atoms with Gasteiger partial charge in [0.2, 0.25) is 11.8 Å². The van der Waals surface area contributed by atoms with Gasteiger partial charge in [-0.25, -0.2) is 4.79 Å². The fraction of sp³-hybridized carbons (Fsp3) is 0.500. The van der Waals surface area contributed by atoms with E-state index in [9.17, 15) is 14.4 Å². The molecular weight excluding hydrogens is 308 g/mol. The van der Waals surface area contributed by atoms with Crippen LogP contribution in [0.25, 0.3) is 0 Å². The lowest BCUT2D eigenvalue weighted by Gasteiger charge is -2.18. The lowest BCUT2D eigenvalue weighted by molar-refractivity contribution is -0.144. The molecule has 0 radical (unpaired) electrons. The smallest absolute Gasteiger partial charge is 0.328 e. The first kappa shape index (κ1) is 16.5. The van der Waals surface area contributed by atoms with Crippen molar-refractivity contribution >= 4 is 23.5 Å². The number of nitrogens with one attached hydrogen (secondary N) is 1. The number of rotatable bonds is 4. The van der Waals surface area contributed by atoms with Gasteiger partial charge in [0.1, 0.15) is 6.04 Å². The summed E-state index contributed by atoms with van der Waals surface area (Å²) in [5.41, 5.74) is 3.51. The number of hydrogen-bond acceptors (Lipinski definition) is 4. The molecule has 1 N–H and O–H groups in total. The maximum Gasteiger partial charge on any atom is 0.328 e. The van der Waals surface area contributed by atoms with Crippen LogP contribution >= 0.6 is 0 Å². The van der Waals surface area contributed by atoms with Crippen LogP contribution in [0.15, 0.2) is 18.2 Å². The van der Waals surface area contributed by atoms with Crippen LogP contribution in [0.1, 0.15) is 30.9 Å². The van der Waals surface area contributed by atoms with Gasteiger partial charge in [-0.2, -0.15) is 0 Å². The van der Waals surface area contributed by atoms with Crippen LogP contribution in [0.2, 0.25) is 0 Å². The molecule has 0 aromatic heterocycles. The van der Waals surface area contributed by atoms with Crippen LogP contribution in [0.4, 0.5) is 5.69 Å². The number of hydrogen-bond donors (Lipinski definition) is 1. The van der Waals surface area contributed by atoms with E-state index in [1.807, 2.05) is 6.07 Å². The van der Waals surface area contributed by atoms with E-state index >= 15 is 0 Å². The molecular formula is C18H22N2O4. The molecule has 0 saturated carbocycles. The fourth-order valence-electron chi connectivity index (χ4n) is 3.43. The molecule has 0 unspecified atom stereocenters. The summed E-state index contributed by atoms with van der Waals surface area (Å²) >= 11 is 0. The minimum Gasteiger partial charge on any atom is -0.467 e. The van der Waals surface area contributed by atoms with E-state index in [-0.39, 0.29) is 18.2 Å². The van der Waals surface area contributed by atoms with E-state index in [1.54, 1.807) is 11.8 Å². The Bertz CT molecular complexity index is 686. The average Bonchev–Trinajstić information content (AvgIpc) is 3.19. The molecule has 1 aliphatic heterocycles. The lowest BCUT2D eigenvalue weighted by Crippen LogP contribution is -2.43. The maximum absolute atomic E-state index is 12.3. The first-order valence-electron chi connectivity index (χ1n) is 8.30. The first-order chi connectivity index (χ1) is 11.5. The molecule has 1 aliphatic carbocycles. The normalized spacial score (nSPS) is 20.7. The number of nitrogens with zero attached hydrogens (tertiary/aromatic N) is 1. The fourth-order valence-corrected chi connectivity index (χ4v) is 3.43. The Morgan fingerprint density at radius 3 is 2.79 bits per heavy atom. The highest BCUT2D eigenvalue weighted by molar-refractivity contribution is 6.00. The molecule has 128 valence electrons. The Morgan fingerprint density at radius 1 is 1.29 bits per heavy atom. The van der Waals surface area contributed by atoms with Gasteiger partial charge in [0.15, 0.2) is 0 Å². The van der Waals surface area contributed by atoms with Crippen LogP contribution < -0.4 is 10.2 Å². The summed E-state index contributed by atoms with van der Waals surface area (Å²) in [4.78, 5) is 37.7. The van der Waals surface area contributed by atoms with Crippen molar-refractivity contribution < 1.29 is 19.1 Å². The second kappa shape index (κ2) is 6.63. The second-order valence-electron chi connectivity index (χ2n) is 6.47. The Balaban J connectivity index is 1.67. The topological polar surface area (TPSA) is 75.7 Å². The maximum atomic E-state index is 12.3. The summed E-state index contributed by atoms with van der Waals surface area (Å²) in [6.45, 7) is 1.91. The molecule has 1 aromatic rings. The second-order valence-corrected chi connectivity index (χ2v) is 6.47. The molecule has 2 atom stereocenters. The van der Waals surface area contributed by atoms with Gasteiger partial charge < -0.3 is 15.0 Å².